The highest BCUT2D eigenvalue weighted by Crippen LogP contribution is 2.28. The Bertz CT molecular complexity index is 903. The van der Waals surface area contributed by atoms with Gasteiger partial charge in [-0.25, -0.2) is 4.79 Å². The normalized spacial score (nSPS) is 16.5. The monoisotopic (exact) mass is 408 g/mol. The number of likely N-dealkylation sites (tertiary alicyclic amines) is 1. The zero-order chi connectivity index (χ0) is 20.9. The average molecular weight is 409 g/mol. The van der Waals surface area contributed by atoms with E-state index in [4.69, 9.17) is 4.74 Å². The number of anilines is 2. The summed E-state index contributed by atoms with van der Waals surface area (Å²) in [4.78, 5) is 31.3. The lowest BCUT2D eigenvalue weighted by Gasteiger charge is -2.36. The zero-order valence-corrected chi connectivity index (χ0v) is 17.3. The van der Waals surface area contributed by atoms with Gasteiger partial charge < -0.3 is 24.8 Å². The summed E-state index contributed by atoms with van der Waals surface area (Å²) >= 11 is 0. The van der Waals surface area contributed by atoms with Gasteiger partial charge in [-0.1, -0.05) is 18.2 Å². The van der Waals surface area contributed by atoms with Gasteiger partial charge in [-0.15, -0.1) is 0 Å². The molecule has 2 heterocycles. The van der Waals surface area contributed by atoms with Gasteiger partial charge in [0.05, 0.1) is 12.8 Å². The van der Waals surface area contributed by atoms with Gasteiger partial charge in [0, 0.05) is 50.5 Å². The molecule has 2 saturated heterocycles. The number of rotatable bonds is 4. The van der Waals surface area contributed by atoms with Crippen molar-refractivity contribution in [1.82, 2.24) is 9.80 Å². The Morgan fingerprint density at radius 2 is 1.60 bits per heavy atom. The van der Waals surface area contributed by atoms with Crippen LogP contribution < -0.4 is 15.0 Å². The molecule has 30 heavy (non-hydrogen) atoms. The number of hydrogen-bond donors (Lipinski definition) is 1. The summed E-state index contributed by atoms with van der Waals surface area (Å²) in [5.74, 6) is 0.879. The molecule has 0 unspecified atom stereocenters. The molecule has 0 radical (unpaired) electrons. The molecule has 0 aromatic heterocycles. The molecule has 1 N–H and O–H groups in total. The van der Waals surface area contributed by atoms with E-state index in [1.807, 2.05) is 47.4 Å². The van der Waals surface area contributed by atoms with Gasteiger partial charge in [0.25, 0.3) is 5.91 Å². The third-order valence-corrected chi connectivity index (χ3v) is 5.75. The second kappa shape index (κ2) is 9.07. The highest BCUT2D eigenvalue weighted by molar-refractivity contribution is 5.97. The second-order valence-electron chi connectivity index (χ2n) is 7.66. The minimum Gasteiger partial charge on any atom is -0.495 e. The van der Waals surface area contributed by atoms with Crippen molar-refractivity contribution in [1.29, 1.82) is 0 Å². The Morgan fingerprint density at radius 1 is 0.867 bits per heavy atom. The smallest absolute Gasteiger partial charge is 0.321 e. The van der Waals surface area contributed by atoms with Gasteiger partial charge in [0.2, 0.25) is 0 Å². The van der Waals surface area contributed by atoms with E-state index in [1.54, 1.807) is 18.1 Å². The van der Waals surface area contributed by atoms with Gasteiger partial charge in [-0.2, -0.15) is 0 Å². The fourth-order valence-corrected chi connectivity index (χ4v) is 4.08. The minimum atomic E-state index is -0.138. The van der Waals surface area contributed by atoms with Crippen LogP contribution in [0.3, 0.4) is 0 Å². The zero-order valence-electron chi connectivity index (χ0n) is 17.3. The first kappa shape index (κ1) is 20.1. The van der Waals surface area contributed by atoms with Gasteiger partial charge in [-0.3, -0.25) is 4.79 Å². The molecule has 3 amide bonds. The lowest BCUT2D eigenvalue weighted by Crippen LogP contribution is -2.50. The van der Waals surface area contributed by atoms with Crippen molar-refractivity contribution in [2.24, 2.45) is 0 Å². The molecule has 2 aliphatic heterocycles. The summed E-state index contributed by atoms with van der Waals surface area (Å²) in [7, 11) is 1.67. The molecule has 0 atom stereocenters. The summed E-state index contributed by atoms with van der Waals surface area (Å²) in [6.45, 7) is 4.34. The Morgan fingerprint density at radius 3 is 2.33 bits per heavy atom. The quantitative estimate of drug-likeness (QED) is 0.843. The SMILES string of the molecule is COc1ccccc1N1CCN(C(=O)Nc2cccc(C(=O)N3CCCC3)c2)CC1. The minimum absolute atomic E-state index is 0.0361. The molecule has 2 aromatic carbocycles. The van der Waals surface area contributed by atoms with Crippen molar-refractivity contribution in [3.63, 3.8) is 0 Å². The summed E-state index contributed by atoms with van der Waals surface area (Å²) in [6.07, 6.45) is 2.12. The first-order chi connectivity index (χ1) is 14.7. The first-order valence-electron chi connectivity index (χ1n) is 10.5. The number of amides is 3. The Hall–Kier alpha value is -3.22. The molecule has 0 spiro atoms. The van der Waals surface area contributed by atoms with Crippen LogP contribution in [0.5, 0.6) is 5.75 Å². The molecule has 0 saturated carbocycles. The van der Waals surface area contributed by atoms with Crippen LogP contribution in [0.25, 0.3) is 0 Å². The number of nitrogens with zero attached hydrogens (tertiary/aromatic N) is 3. The van der Waals surface area contributed by atoms with Crippen LogP contribution in [0, 0.1) is 0 Å². The summed E-state index contributed by atoms with van der Waals surface area (Å²) in [6, 6.07) is 15.0. The van der Waals surface area contributed by atoms with Crippen LogP contribution in [0.15, 0.2) is 48.5 Å². The maximum absolute atomic E-state index is 12.7. The van der Waals surface area contributed by atoms with Crippen LogP contribution in [-0.4, -0.2) is 68.1 Å². The molecule has 2 fully saturated rings. The van der Waals surface area contributed by atoms with E-state index in [2.05, 4.69) is 10.2 Å². The number of urea groups is 1. The van der Waals surface area contributed by atoms with Crippen LogP contribution in [-0.2, 0) is 0 Å². The number of piperazine rings is 1. The topological polar surface area (TPSA) is 65.1 Å². The molecule has 158 valence electrons. The number of carbonyl (C=O) groups excluding carboxylic acids is 2. The first-order valence-corrected chi connectivity index (χ1v) is 10.5. The number of nitrogens with one attached hydrogen (secondary N) is 1. The standard InChI is InChI=1S/C23H28N4O3/c1-30-21-10-3-2-9-20(21)25-13-15-27(16-14-25)23(29)24-19-8-6-7-18(17-19)22(28)26-11-4-5-12-26/h2-3,6-10,17H,4-5,11-16H2,1H3,(H,24,29). The maximum atomic E-state index is 12.7. The molecule has 7 heteroatoms. The predicted molar refractivity (Wildman–Crippen MR) is 117 cm³/mol. The molecule has 2 aromatic rings. The summed E-state index contributed by atoms with van der Waals surface area (Å²) < 4.78 is 5.45. The number of para-hydroxylation sites is 2. The Balaban J connectivity index is 1.35. The fraction of sp³-hybridized carbons (Fsp3) is 0.391. The van der Waals surface area contributed by atoms with Crippen LogP contribution in [0.2, 0.25) is 0 Å². The number of methoxy groups -OCH3 is 1. The molecule has 0 aliphatic carbocycles. The Kier molecular flexibility index (Phi) is 6.07. The number of benzene rings is 2. The van der Waals surface area contributed by atoms with Crippen molar-refractivity contribution in [3.05, 3.63) is 54.1 Å². The van der Waals surface area contributed by atoms with Crippen molar-refractivity contribution in [2.75, 3.05) is 56.6 Å². The molecule has 4 rings (SSSR count). The van der Waals surface area contributed by atoms with Gasteiger partial charge in [0.15, 0.2) is 0 Å². The van der Waals surface area contributed by atoms with E-state index in [0.717, 1.165) is 50.5 Å². The lowest BCUT2D eigenvalue weighted by molar-refractivity contribution is 0.0793. The van der Waals surface area contributed by atoms with Crippen molar-refractivity contribution in [3.8, 4) is 5.75 Å². The van der Waals surface area contributed by atoms with Crippen LogP contribution >= 0.6 is 0 Å². The van der Waals surface area contributed by atoms with E-state index in [9.17, 15) is 9.59 Å². The molecular weight excluding hydrogens is 380 g/mol. The third kappa shape index (κ3) is 4.35. The fourth-order valence-electron chi connectivity index (χ4n) is 4.08. The van der Waals surface area contributed by atoms with E-state index >= 15 is 0 Å². The number of hydrogen-bond acceptors (Lipinski definition) is 4. The number of ether oxygens (including phenoxy) is 1. The highest BCUT2D eigenvalue weighted by Gasteiger charge is 2.24. The van der Waals surface area contributed by atoms with Gasteiger partial charge in [-0.05, 0) is 43.2 Å². The highest BCUT2D eigenvalue weighted by atomic mass is 16.5. The van der Waals surface area contributed by atoms with E-state index in [1.165, 1.54) is 0 Å². The predicted octanol–water partition coefficient (Wildman–Crippen LogP) is 3.29. The summed E-state index contributed by atoms with van der Waals surface area (Å²) in [5, 5.41) is 2.95. The maximum Gasteiger partial charge on any atom is 0.321 e. The molecule has 0 bridgehead atoms. The molecule has 2 aliphatic rings. The van der Waals surface area contributed by atoms with Crippen molar-refractivity contribution >= 4 is 23.3 Å². The Labute approximate surface area is 177 Å². The van der Waals surface area contributed by atoms with E-state index in [0.29, 0.717) is 24.3 Å². The van der Waals surface area contributed by atoms with Crippen molar-refractivity contribution in [2.45, 2.75) is 12.8 Å². The average Bonchev–Trinajstić information content (AvgIpc) is 3.34. The van der Waals surface area contributed by atoms with Crippen LogP contribution in [0.4, 0.5) is 16.2 Å². The lowest BCUT2D eigenvalue weighted by atomic mass is 10.1. The largest absolute Gasteiger partial charge is 0.495 e. The van der Waals surface area contributed by atoms with E-state index in [-0.39, 0.29) is 11.9 Å². The number of carbonyl (C=O) groups is 2. The van der Waals surface area contributed by atoms with Crippen molar-refractivity contribution < 1.29 is 14.3 Å². The van der Waals surface area contributed by atoms with Gasteiger partial charge in [0.1, 0.15) is 5.75 Å². The van der Waals surface area contributed by atoms with Crippen LogP contribution in [0.1, 0.15) is 23.2 Å². The summed E-state index contributed by atoms with van der Waals surface area (Å²) in [5.41, 5.74) is 2.32. The molecule has 7 nitrogen and oxygen atoms in total. The van der Waals surface area contributed by atoms with E-state index < -0.39 is 0 Å². The van der Waals surface area contributed by atoms with Gasteiger partial charge >= 0.3 is 6.03 Å². The molecular formula is C23H28N4O3. The second-order valence-corrected chi connectivity index (χ2v) is 7.66. The third-order valence-electron chi connectivity index (χ3n) is 5.75.